The molecule has 5 N–H and O–H groups in total. The molecule has 0 saturated carbocycles. The summed E-state index contributed by atoms with van der Waals surface area (Å²) in [4.78, 5) is 24.7. The van der Waals surface area contributed by atoms with E-state index in [4.69, 9.17) is 16.2 Å². The number of carbonyl (C=O) groups excluding carboxylic acids is 2. The zero-order valence-corrected chi connectivity index (χ0v) is 24.3. The molecule has 0 spiro atoms. The van der Waals surface area contributed by atoms with Gasteiger partial charge in [-0.2, -0.15) is 4.57 Å². The number of hydrogen-bond acceptors (Lipinski definition) is 5. The number of ketones is 1. The van der Waals surface area contributed by atoms with Crippen molar-refractivity contribution >= 4 is 44.9 Å². The number of ether oxygens (including phenoxy) is 1. The molecule has 1 amide bonds. The van der Waals surface area contributed by atoms with E-state index in [0.29, 0.717) is 42.9 Å². The Morgan fingerprint density at radius 2 is 1.48 bits per heavy atom. The minimum Gasteiger partial charge on any atom is -0.444 e. The van der Waals surface area contributed by atoms with Gasteiger partial charge in [-0.1, -0.05) is 48.5 Å². The smallest absolute Gasteiger partial charge is 0.407 e. The minimum absolute atomic E-state index is 0.0320. The average Bonchev–Trinajstić information content (AvgIpc) is 2.95. The third kappa shape index (κ3) is 6.52. The highest BCUT2D eigenvalue weighted by atomic mass is 16.6. The van der Waals surface area contributed by atoms with Crippen molar-refractivity contribution < 1.29 is 18.9 Å². The maximum Gasteiger partial charge on any atom is 0.407 e. The van der Waals surface area contributed by atoms with Gasteiger partial charge in [-0.3, -0.25) is 4.79 Å². The van der Waals surface area contributed by atoms with E-state index in [2.05, 4.69) is 34.1 Å². The lowest BCUT2D eigenvalue weighted by Crippen LogP contribution is -2.38. The van der Waals surface area contributed by atoms with Gasteiger partial charge >= 0.3 is 6.09 Å². The number of Topliss-reactive ketones (excluding diaryl/α,β-unsaturated/α-hetero) is 1. The van der Waals surface area contributed by atoms with Gasteiger partial charge < -0.3 is 21.5 Å². The predicted octanol–water partition coefficient (Wildman–Crippen LogP) is 6.65. The number of carbonyl (C=O) groups is 2. The van der Waals surface area contributed by atoms with Crippen LogP contribution in [0.2, 0.25) is 0 Å². The van der Waals surface area contributed by atoms with Gasteiger partial charge in [0.2, 0.25) is 11.2 Å². The molecule has 0 unspecified atom stereocenters. The van der Waals surface area contributed by atoms with E-state index >= 15 is 0 Å². The molecule has 5 rings (SSSR count). The molecule has 0 saturated heterocycles. The van der Waals surface area contributed by atoms with Crippen LogP contribution in [0.4, 0.5) is 16.2 Å². The van der Waals surface area contributed by atoms with E-state index < -0.39 is 11.7 Å². The van der Waals surface area contributed by atoms with Crippen molar-refractivity contribution in [2.75, 3.05) is 18.0 Å². The lowest BCUT2D eigenvalue weighted by Gasteiger charge is -2.19. The fourth-order valence-corrected chi connectivity index (χ4v) is 5.21. The molecule has 214 valence electrons. The molecule has 1 heterocycles. The molecule has 0 aliphatic rings. The highest BCUT2D eigenvalue weighted by Crippen LogP contribution is 2.33. The van der Waals surface area contributed by atoms with Crippen LogP contribution < -0.4 is 21.4 Å². The summed E-state index contributed by atoms with van der Waals surface area (Å²) in [5.74, 6) is 0.0320. The first kappa shape index (κ1) is 28.6. The summed E-state index contributed by atoms with van der Waals surface area (Å²) in [6.45, 7) is 6.39. The number of alkyl carbamates (subject to hydrolysis) is 1. The van der Waals surface area contributed by atoms with Crippen molar-refractivity contribution in [1.29, 1.82) is 0 Å². The molecule has 4 aromatic carbocycles. The number of aromatic nitrogens is 1. The lowest BCUT2D eigenvalue weighted by atomic mass is 9.97. The van der Waals surface area contributed by atoms with Crippen molar-refractivity contribution in [2.24, 2.45) is 0 Å². The maximum atomic E-state index is 12.8. The van der Waals surface area contributed by atoms with Gasteiger partial charge in [0.25, 0.3) is 0 Å². The third-order valence-corrected chi connectivity index (χ3v) is 7.08. The van der Waals surface area contributed by atoms with Gasteiger partial charge in [-0.15, -0.1) is 0 Å². The number of nitrogens with zero attached hydrogens (tertiary/aromatic N) is 1. The van der Waals surface area contributed by atoms with E-state index in [9.17, 15) is 9.59 Å². The van der Waals surface area contributed by atoms with Crippen molar-refractivity contribution in [3.8, 4) is 11.3 Å². The molecule has 0 aliphatic heterocycles. The quantitative estimate of drug-likeness (QED) is 0.0646. The van der Waals surface area contributed by atoms with Crippen LogP contribution in [0.25, 0.3) is 32.9 Å². The number of rotatable bonds is 8. The van der Waals surface area contributed by atoms with E-state index in [0.717, 1.165) is 38.5 Å². The summed E-state index contributed by atoms with van der Waals surface area (Å²) < 4.78 is 7.52. The number of nitrogen functional groups attached to an aromatic ring is 2. The molecule has 7 nitrogen and oxygen atoms in total. The highest BCUT2D eigenvalue weighted by molar-refractivity contribution is 6.10. The van der Waals surface area contributed by atoms with Crippen LogP contribution in [0.5, 0.6) is 0 Å². The molecular weight excluding hydrogens is 524 g/mol. The Hall–Kier alpha value is -4.91. The first-order valence-corrected chi connectivity index (χ1v) is 14.2. The van der Waals surface area contributed by atoms with E-state index in [1.54, 1.807) is 0 Å². The van der Waals surface area contributed by atoms with Crippen LogP contribution >= 0.6 is 0 Å². The summed E-state index contributed by atoms with van der Waals surface area (Å²) in [6, 6.07) is 30.1. The first-order valence-electron chi connectivity index (χ1n) is 14.2. The number of pyridine rings is 1. The summed E-state index contributed by atoms with van der Waals surface area (Å²) in [7, 11) is 0. The van der Waals surface area contributed by atoms with E-state index in [1.165, 1.54) is 0 Å². The number of hydrogen-bond donors (Lipinski definition) is 3. The third-order valence-electron chi connectivity index (χ3n) is 7.08. The Kier molecular flexibility index (Phi) is 8.11. The molecular formula is C35H37N4O3+. The van der Waals surface area contributed by atoms with E-state index in [1.807, 2.05) is 87.5 Å². The van der Waals surface area contributed by atoms with E-state index in [-0.39, 0.29) is 5.78 Å². The van der Waals surface area contributed by atoms with Gasteiger partial charge in [0.15, 0.2) is 12.3 Å². The Bertz CT molecular complexity index is 1760. The molecule has 0 atom stereocenters. The minimum atomic E-state index is -0.555. The SMILES string of the molecule is CC(C)(C)OC(=O)NCCCC(=O)c1ccc(C[n+]2c(-c3ccccc3)c3cc(N)ccc3c3ccc(N)cc32)cc1. The van der Waals surface area contributed by atoms with Gasteiger partial charge in [0.1, 0.15) is 5.60 Å². The molecule has 5 aromatic rings. The molecule has 0 fully saturated rings. The number of nitrogens with one attached hydrogen (secondary N) is 1. The van der Waals surface area contributed by atoms with Crippen LogP contribution in [-0.4, -0.2) is 24.0 Å². The fraction of sp³-hybridized carbons (Fsp3) is 0.229. The first-order chi connectivity index (χ1) is 20.1. The molecule has 7 heteroatoms. The number of nitrogens with two attached hydrogens (primary N) is 2. The molecule has 0 radical (unpaired) electrons. The van der Waals surface area contributed by atoms with Crippen LogP contribution in [-0.2, 0) is 11.3 Å². The summed E-state index contributed by atoms with van der Waals surface area (Å²) in [5.41, 5.74) is 18.2. The molecule has 1 aromatic heterocycles. The standard InChI is InChI=1S/C35H36N4O3/c1-35(2,3)42-34(41)38-19-7-10-32(40)24-13-11-23(12-14-24)22-39-31-21-27(37)16-18-29(31)28-17-15-26(36)20-30(28)33(39)25-8-5-4-6-9-25/h4-6,8-9,11-18,20-21,37H,7,10,19,22,36H2,1-3H3,(H,38,41)/p+1. The second-order valence-corrected chi connectivity index (χ2v) is 11.5. The monoisotopic (exact) mass is 561 g/mol. The Morgan fingerprint density at radius 3 is 2.17 bits per heavy atom. The number of benzene rings is 4. The largest absolute Gasteiger partial charge is 0.444 e. The fourth-order valence-electron chi connectivity index (χ4n) is 5.21. The average molecular weight is 562 g/mol. The van der Waals surface area contributed by atoms with Crippen molar-refractivity contribution in [3.05, 3.63) is 102 Å². The Morgan fingerprint density at radius 1 is 0.810 bits per heavy atom. The second kappa shape index (κ2) is 11.9. The van der Waals surface area contributed by atoms with Gasteiger partial charge in [0, 0.05) is 52.5 Å². The highest BCUT2D eigenvalue weighted by Gasteiger charge is 2.24. The van der Waals surface area contributed by atoms with Crippen LogP contribution in [0.3, 0.4) is 0 Å². The molecule has 0 aliphatic carbocycles. The zero-order valence-electron chi connectivity index (χ0n) is 24.3. The molecule has 42 heavy (non-hydrogen) atoms. The van der Waals surface area contributed by atoms with Gasteiger partial charge in [-0.05, 0) is 63.6 Å². The summed E-state index contributed by atoms with van der Waals surface area (Å²) in [5, 5.41) is 5.96. The van der Waals surface area contributed by atoms with Crippen LogP contribution in [0, 0.1) is 0 Å². The zero-order chi connectivity index (χ0) is 29.9. The normalized spacial score (nSPS) is 11.5. The predicted molar refractivity (Wildman–Crippen MR) is 169 cm³/mol. The van der Waals surface area contributed by atoms with Gasteiger partial charge in [0.05, 0.1) is 10.8 Å². The summed E-state index contributed by atoms with van der Waals surface area (Å²) >= 11 is 0. The number of amides is 1. The second-order valence-electron chi connectivity index (χ2n) is 11.5. The maximum absolute atomic E-state index is 12.8. The topological polar surface area (TPSA) is 111 Å². The number of anilines is 2. The summed E-state index contributed by atoms with van der Waals surface area (Å²) in [6.07, 6.45) is 0.388. The van der Waals surface area contributed by atoms with Crippen LogP contribution in [0.15, 0.2) is 91.0 Å². The van der Waals surface area contributed by atoms with Crippen molar-refractivity contribution in [3.63, 3.8) is 0 Å². The van der Waals surface area contributed by atoms with Crippen molar-refractivity contribution in [2.45, 2.75) is 45.8 Å². The van der Waals surface area contributed by atoms with Crippen LogP contribution in [0.1, 0.15) is 49.5 Å². The number of fused-ring (bicyclic) bond motifs is 3. The Balaban J connectivity index is 1.42. The lowest BCUT2D eigenvalue weighted by molar-refractivity contribution is -0.650. The van der Waals surface area contributed by atoms with Gasteiger partial charge in [-0.25, -0.2) is 4.79 Å². The van der Waals surface area contributed by atoms with Crippen molar-refractivity contribution in [1.82, 2.24) is 5.32 Å². The molecule has 0 bridgehead atoms. The Labute approximate surface area is 246 Å².